The molecule has 2 nitrogen and oxygen atoms in total. The summed E-state index contributed by atoms with van der Waals surface area (Å²) in [6.07, 6.45) is 0. The number of aryl methyl sites for hydroxylation is 1. The summed E-state index contributed by atoms with van der Waals surface area (Å²) in [5, 5.41) is 6.29. The molecule has 0 fully saturated rings. The van der Waals surface area contributed by atoms with E-state index in [0.29, 0.717) is 11.2 Å². The molecular formula is C13H24N2S2. The summed E-state index contributed by atoms with van der Waals surface area (Å²) >= 11 is 3.66. The second-order valence-electron chi connectivity index (χ2n) is 5.79. The Hall–Kier alpha value is -0.0600. The second-order valence-corrected chi connectivity index (χ2v) is 8.13. The topological polar surface area (TPSA) is 24.9 Å². The van der Waals surface area contributed by atoms with Crippen LogP contribution in [0.5, 0.6) is 0 Å². The molecule has 98 valence electrons. The lowest BCUT2D eigenvalue weighted by atomic mass is 10.1. The van der Waals surface area contributed by atoms with Crippen LogP contribution in [-0.4, -0.2) is 22.3 Å². The van der Waals surface area contributed by atoms with Gasteiger partial charge in [0.15, 0.2) is 0 Å². The third-order valence-corrected chi connectivity index (χ3v) is 5.06. The van der Waals surface area contributed by atoms with Gasteiger partial charge >= 0.3 is 0 Å². The summed E-state index contributed by atoms with van der Waals surface area (Å²) in [5.74, 6) is 0.652. The molecule has 0 aliphatic heterocycles. The van der Waals surface area contributed by atoms with Gasteiger partial charge in [-0.1, -0.05) is 25.6 Å². The Morgan fingerprint density at radius 1 is 1.41 bits per heavy atom. The van der Waals surface area contributed by atoms with E-state index in [9.17, 15) is 0 Å². The van der Waals surface area contributed by atoms with Gasteiger partial charge < -0.3 is 5.32 Å². The highest BCUT2D eigenvalue weighted by Crippen LogP contribution is 2.30. The molecule has 1 aromatic heterocycles. The van der Waals surface area contributed by atoms with Gasteiger partial charge in [-0.15, -0.1) is 11.3 Å². The Labute approximate surface area is 114 Å². The maximum atomic E-state index is 4.53. The molecule has 0 radical (unpaired) electrons. The highest BCUT2D eigenvalue weighted by atomic mass is 32.2. The Kier molecular flexibility index (Phi) is 5.48. The summed E-state index contributed by atoms with van der Waals surface area (Å²) < 4.78 is 1.19. The summed E-state index contributed by atoms with van der Waals surface area (Å²) in [7, 11) is 0. The lowest BCUT2D eigenvalue weighted by Gasteiger charge is -2.26. The smallest absolute Gasteiger partial charge is 0.150 e. The minimum atomic E-state index is 0.187. The van der Waals surface area contributed by atoms with Crippen molar-refractivity contribution in [1.82, 2.24) is 10.3 Å². The minimum Gasteiger partial charge on any atom is -0.311 e. The molecule has 0 aromatic carbocycles. The molecule has 1 N–H and O–H groups in total. The lowest BCUT2D eigenvalue weighted by Crippen LogP contribution is -2.41. The Morgan fingerprint density at radius 2 is 2.06 bits per heavy atom. The molecule has 4 heteroatoms. The first-order chi connectivity index (χ1) is 7.78. The van der Waals surface area contributed by atoms with Gasteiger partial charge in [-0.25, -0.2) is 4.98 Å². The number of rotatable bonds is 5. The van der Waals surface area contributed by atoms with Crippen molar-refractivity contribution < 1.29 is 0 Å². The van der Waals surface area contributed by atoms with E-state index in [1.165, 1.54) is 4.34 Å². The van der Waals surface area contributed by atoms with E-state index in [0.717, 1.165) is 12.2 Å². The van der Waals surface area contributed by atoms with E-state index < -0.39 is 0 Å². The van der Waals surface area contributed by atoms with Crippen molar-refractivity contribution in [3.63, 3.8) is 0 Å². The van der Waals surface area contributed by atoms with Crippen LogP contribution >= 0.6 is 23.1 Å². The van der Waals surface area contributed by atoms with E-state index in [1.54, 1.807) is 11.3 Å². The van der Waals surface area contributed by atoms with Crippen LogP contribution in [0.4, 0.5) is 0 Å². The average Bonchev–Trinajstić information content (AvgIpc) is 2.56. The van der Waals surface area contributed by atoms with Gasteiger partial charge in [0.1, 0.15) is 4.34 Å². The maximum Gasteiger partial charge on any atom is 0.150 e. The SMILES string of the molecule is Cc1csc(SC(CNC(C)(C)C)C(C)C)n1. The van der Waals surface area contributed by atoms with E-state index in [-0.39, 0.29) is 5.54 Å². The molecule has 1 aromatic rings. The van der Waals surface area contributed by atoms with Crippen LogP contribution in [0, 0.1) is 12.8 Å². The third-order valence-electron chi connectivity index (χ3n) is 2.43. The Balaban J connectivity index is 2.55. The Bertz CT molecular complexity index is 339. The van der Waals surface area contributed by atoms with Crippen molar-refractivity contribution in [3.8, 4) is 0 Å². The minimum absolute atomic E-state index is 0.187. The highest BCUT2D eigenvalue weighted by Gasteiger charge is 2.19. The normalized spacial score (nSPS) is 14.3. The summed E-state index contributed by atoms with van der Waals surface area (Å²) in [4.78, 5) is 4.53. The van der Waals surface area contributed by atoms with E-state index in [2.05, 4.69) is 57.2 Å². The molecule has 0 amide bonds. The molecule has 0 saturated carbocycles. The zero-order valence-electron chi connectivity index (χ0n) is 11.7. The summed E-state index contributed by atoms with van der Waals surface area (Å²) in [5.41, 5.74) is 1.32. The lowest BCUT2D eigenvalue weighted by molar-refractivity contribution is 0.408. The van der Waals surface area contributed by atoms with Crippen LogP contribution in [0.3, 0.4) is 0 Å². The average molecular weight is 272 g/mol. The second kappa shape index (κ2) is 6.21. The van der Waals surface area contributed by atoms with Crippen molar-refractivity contribution in [2.75, 3.05) is 6.54 Å². The van der Waals surface area contributed by atoms with Gasteiger partial charge in [-0.05, 0) is 33.6 Å². The fraction of sp³-hybridized carbons (Fsp3) is 0.769. The number of hydrogen-bond donors (Lipinski definition) is 1. The van der Waals surface area contributed by atoms with Crippen molar-refractivity contribution in [1.29, 1.82) is 0 Å². The first-order valence-corrected chi connectivity index (χ1v) is 7.87. The van der Waals surface area contributed by atoms with E-state index >= 15 is 0 Å². The third kappa shape index (κ3) is 5.89. The van der Waals surface area contributed by atoms with Gasteiger partial charge in [0.2, 0.25) is 0 Å². The number of thiazole rings is 1. The molecule has 0 saturated heterocycles. The molecule has 17 heavy (non-hydrogen) atoms. The first kappa shape index (κ1) is 15.0. The molecule has 1 rings (SSSR count). The molecule has 1 unspecified atom stereocenters. The summed E-state index contributed by atoms with van der Waals surface area (Å²) in [6, 6.07) is 0. The van der Waals surface area contributed by atoms with Crippen molar-refractivity contribution in [2.45, 2.75) is 56.7 Å². The van der Waals surface area contributed by atoms with E-state index in [1.807, 2.05) is 11.8 Å². The monoisotopic (exact) mass is 272 g/mol. The van der Waals surface area contributed by atoms with Crippen molar-refractivity contribution in [2.24, 2.45) is 5.92 Å². The number of nitrogens with zero attached hydrogens (tertiary/aromatic N) is 1. The molecule has 0 aliphatic rings. The van der Waals surface area contributed by atoms with Crippen molar-refractivity contribution >= 4 is 23.1 Å². The van der Waals surface area contributed by atoms with Gasteiger partial charge in [-0.2, -0.15) is 0 Å². The maximum absolute atomic E-state index is 4.53. The van der Waals surface area contributed by atoms with Gasteiger partial charge in [0, 0.05) is 28.4 Å². The Morgan fingerprint density at radius 3 is 2.47 bits per heavy atom. The molecule has 0 aliphatic carbocycles. The van der Waals surface area contributed by atoms with Gasteiger partial charge in [0.05, 0.1) is 0 Å². The molecule has 1 atom stereocenters. The van der Waals surface area contributed by atoms with Crippen LogP contribution in [-0.2, 0) is 0 Å². The molecule has 0 bridgehead atoms. The molecular weight excluding hydrogens is 248 g/mol. The number of nitrogens with one attached hydrogen (secondary N) is 1. The fourth-order valence-corrected chi connectivity index (χ4v) is 3.49. The van der Waals surface area contributed by atoms with Crippen molar-refractivity contribution in [3.05, 3.63) is 11.1 Å². The number of thioether (sulfide) groups is 1. The molecule has 0 spiro atoms. The van der Waals surface area contributed by atoms with Crippen LogP contribution in [0.15, 0.2) is 9.72 Å². The quantitative estimate of drug-likeness (QED) is 0.821. The van der Waals surface area contributed by atoms with Gasteiger partial charge in [-0.3, -0.25) is 0 Å². The number of hydrogen-bond acceptors (Lipinski definition) is 4. The summed E-state index contributed by atoms with van der Waals surface area (Å²) in [6.45, 7) is 14.3. The molecule has 1 heterocycles. The fourth-order valence-electron chi connectivity index (χ4n) is 1.34. The predicted molar refractivity (Wildman–Crippen MR) is 79.1 cm³/mol. The van der Waals surface area contributed by atoms with Crippen LogP contribution in [0.25, 0.3) is 0 Å². The van der Waals surface area contributed by atoms with Gasteiger partial charge in [0.25, 0.3) is 0 Å². The number of aromatic nitrogens is 1. The van der Waals surface area contributed by atoms with Crippen LogP contribution < -0.4 is 5.32 Å². The standard InChI is InChI=1S/C13H24N2S2/c1-9(2)11(7-14-13(4,5)6)17-12-15-10(3)8-16-12/h8-9,11,14H,7H2,1-6H3. The zero-order chi connectivity index (χ0) is 13.1. The first-order valence-electron chi connectivity index (χ1n) is 6.12. The van der Waals surface area contributed by atoms with E-state index in [4.69, 9.17) is 0 Å². The highest BCUT2D eigenvalue weighted by molar-refractivity contribution is 8.01. The van der Waals surface area contributed by atoms with Crippen LogP contribution in [0.1, 0.15) is 40.3 Å². The largest absolute Gasteiger partial charge is 0.311 e. The zero-order valence-corrected chi connectivity index (χ0v) is 13.3. The predicted octanol–water partition coefficient (Wildman–Crippen LogP) is 3.96. The van der Waals surface area contributed by atoms with Crippen LogP contribution in [0.2, 0.25) is 0 Å².